The second-order valence-electron chi connectivity index (χ2n) is 1.20. The minimum atomic E-state index is 0.871. The Morgan fingerprint density at radius 2 is 2.20 bits per heavy atom. The molecule has 1 aliphatic carbocycles. The Labute approximate surface area is 45.4 Å². The third-order valence-corrected chi connectivity index (χ3v) is 1.66. The molecule has 0 aromatic rings. The van der Waals surface area contributed by atoms with E-state index in [4.69, 9.17) is 0 Å². The summed E-state index contributed by atoms with van der Waals surface area (Å²) in [4.78, 5) is 0. The lowest BCUT2D eigenvalue weighted by Crippen LogP contribution is -1.69. The van der Waals surface area contributed by atoms with Crippen LogP contribution >= 0.6 is 22.6 Å². The van der Waals surface area contributed by atoms with Gasteiger partial charge in [-0.2, -0.15) is 0 Å². The highest BCUT2D eigenvalue weighted by molar-refractivity contribution is 14.1. The van der Waals surface area contributed by atoms with E-state index in [0.717, 1.165) is 5.92 Å². The number of hydrogen-bond donors (Lipinski definition) is 0. The summed E-state index contributed by atoms with van der Waals surface area (Å²) < 4.78 is 1.28. The molecule has 0 saturated carbocycles. The van der Waals surface area contributed by atoms with Gasteiger partial charge in [0, 0.05) is 10.3 Å². The molecule has 0 bridgehead atoms. The van der Waals surface area contributed by atoms with Gasteiger partial charge < -0.3 is 0 Å². The summed E-state index contributed by atoms with van der Waals surface area (Å²) in [5.41, 5.74) is 0. The van der Waals surface area contributed by atoms with E-state index in [2.05, 4.69) is 34.7 Å². The zero-order chi connectivity index (χ0) is 3.70. The van der Waals surface area contributed by atoms with Crippen LogP contribution in [0.2, 0.25) is 0 Å². The predicted molar refractivity (Wildman–Crippen MR) is 31.5 cm³/mol. The number of allylic oxidation sites excluding steroid dienone is 2. The molecule has 0 spiro atoms. The van der Waals surface area contributed by atoms with Gasteiger partial charge in [-0.25, -0.2) is 0 Å². The normalized spacial score (nSPS) is 20.2. The van der Waals surface area contributed by atoms with Crippen molar-refractivity contribution in [1.82, 2.24) is 0 Å². The first kappa shape index (κ1) is 3.65. The summed E-state index contributed by atoms with van der Waals surface area (Å²) in [5.74, 6) is 0.871. The van der Waals surface area contributed by atoms with Gasteiger partial charge in [-0.3, -0.25) is 0 Å². The Hall–Kier alpha value is 0.470. The molecule has 0 aliphatic heterocycles. The summed E-state index contributed by atoms with van der Waals surface area (Å²) in [6, 6.07) is 0. The third-order valence-electron chi connectivity index (χ3n) is 0.643. The Morgan fingerprint density at radius 1 is 1.60 bits per heavy atom. The van der Waals surface area contributed by atoms with Crippen molar-refractivity contribution < 1.29 is 0 Å². The van der Waals surface area contributed by atoms with Gasteiger partial charge in [0.25, 0.3) is 0 Å². The molecule has 0 N–H and O–H groups in total. The van der Waals surface area contributed by atoms with E-state index < -0.39 is 0 Å². The number of hydrogen-bond acceptors (Lipinski definition) is 0. The Bertz CT molecular complexity index is 50.7. The summed E-state index contributed by atoms with van der Waals surface area (Å²) in [5, 5.41) is 0. The van der Waals surface area contributed by atoms with Gasteiger partial charge in [0.2, 0.25) is 0 Å². The molecule has 1 rings (SSSR count). The average Bonchev–Trinajstić information content (AvgIpc) is 2.12. The van der Waals surface area contributed by atoms with Gasteiger partial charge in [0.05, 0.1) is 0 Å². The largest absolute Gasteiger partial charge is 0.0854 e. The van der Waals surface area contributed by atoms with Crippen molar-refractivity contribution in [1.29, 1.82) is 0 Å². The van der Waals surface area contributed by atoms with Crippen LogP contribution in [-0.4, -0.2) is 4.43 Å². The summed E-state index contributed by atoms with van der Waals surface area (Å²) in [6.45, 7) is 0. The molecule has 0 heterocycles. The quantitative estimate of drug-likeness (QED) is 0.326. The molecular formula is C4H5I. The monoisotopic (exact) mass is 180 g/mol. The van der Waals surface area contributed by atoms with Gasteiger partial charge in [0.15, 0.2) is 0 Å². The standard InChI is InChI=1S/C4H5I/c5-3-4-1-2-4/h1-2,4H,3H2. The Kier molecular flexibility index (Phi) is 0.939. The molecule has 0 saturated heterocycles. The van der Waals surface area contributed by atoms with Crippen molar-refractivity contribution in [3.63, 3.8) is 0 Å². The molecule has 1 heteroatoms. The van der Waals surface area contributed by atoms with Crippen molar-refractivity contribution in [2.75, 3.05) is 4.43 Å². The molecule has 1 aliphatic rings. The zero-order valence-corrected chi connectivity index (χ0v) is 4.97. The Balaban J connectivity index is 2.06. The van der Waals surface area contributed by atoms with Gasteiger partial charge in [-0.1, -0.05) is 34.7 Å². The molecule has 0 nitrogen and oxygen atoms in total. The first-order chi connectivity index (χ1) is 2.43. The molecule has 28 valence electrons. The fourth-order valence-corrected chi connectivity index (χ4v) is 0.769. The van der Waals surface area contributed by atoms with Crippen molar-refractivity contribution in [2.24, 2.45) is 5.92 Å². The molecule has 0 aromatic carbocycles. The van der Waals surface area contributed by atoms with Crippen LogP contribution in [-0.2, 0) is 0 Å². The minimum absolute atomic E-state index is 0.871. The fraction of sp³-hybridized carbons (Fsp3) is 0.500. The highest BCUT2D eigenvalue weighted by Gasteiger charge is 2.05. The molecule has 0 aromatic heterocycles. The SMILES string of the molecule is ICC1C=C1. The molecule has 5 heavy (non-hydrogen) atoms. The van der Waals surface area contributed by atoms with Crippen LogP contribution < -0.4 is 0 Å². The average molecular weight is 180 g/mol. The maximum absolute atomic E-state index is 2.38. The predicted octanol–water partition coefficient (Wildman–Crippen LogP) is 1.61. The first-order valence-electron chi connectivity index (χ1n) is 1.68. The molecule has 0 fully saturated rings. The van der Waals surface area contributed by atoms with Gasteiger partial charge in [0.1, 0.15) is 0 Å². The highest BCUT2D eigenvalue weighted by atomic mass is 127. The van der Waals surface area contributed by atoms with E-state index in [1.165, 1.54) is 4.43 Å². The number of rotatable bonds is 1. The van der Waals surface area contributed by atoms with Crippen molar-refractivity contribution >= 4 is 22.6 Å². The van der Waals surface area contributed by atoms with Crippen molar-refractivity contribution in [2.45, 2.75) is 0 Å². The molecule has 0 atom stereocenters. The zero-order valence-electron chi connectivity index (χ0n) is 2.82. The Morgan fingerprint density at radius 3 is 2.20 bits per heavy atom. The second-order valence-corrected chi connectivity index (χ2v) is 2.08. The van der Waals surface area contributed by atoms with Crippen LogP contribution in [0.3, 0.4) is 0 Å². The number of halogens is 1. The van der Waals surface area contributed by atoms with Crippen molar-refractivity contribution in [3.8, 4) is 0 Å². The molecule has 0 radical (unpaired) electrons. The minimum Gasteiger partial charge on any atom is -0.0854 e. The molecular weight excluding hydrogens is 175 g/mol. The lowest BCUT2D eigenvalue weighted by molar-refractivity contribution is 1.14. The second kappa shape index (κ2) is 1.29. The van der Waals surface area contributed by atoms with Crippen LogP contribution in [0.1, 0.15) is 0 Å². The van der Waals surface area contributed by atoms with Crippen LogP contribution in [0, 0.1) is 5.92 Å². The van der Waals surface area contributed by atoms with Gasteiger partial charge in [-0.15, -0.1) is 0 Å². The third kappa shape index (κ3) is 0.911. The molecule has 0 amide bonds. The summed E-state index contributed by atoms with van der Waals surface area (Å²) in [6.07, 6.45) is 4.43. The lowest BCUT2D eigenvalue weighted by atomic mass is 10.5. The van der Waals surface area contributed by atoms with E-state index in [1.54, 1.807) is 0 Å². The topological polar surface area (TPSA) is 0 Å². The van der Waals surface area contributed by atoms with Crippen LogP contribution in [0.5, 0.6) is 0 Å². The van der Waals surface area contributed by atoms with E-state index in [-0.39, 0.29) is 0 Å². The lowest BCUT2D eigenvalue weighted by Gasteiger charge is -1.73. The summed E-state index contributed by atoms with van der Waals surface area (Å²) in [7, 11) is 0. The fourth-order valence-electron chi connectivity index (χ4n) is 0.181. The van der Waals surface area contributed by atoms with Gasteiger partial charge in [-0.05, 0) is 0 Å². The van der Waals surface area contributed by atoms with E-state index in [0.29, 0.717) is 0 Å². The smallest absolute Gasteiger partial charge is 0.00931 e. The van der Waals surface area contributed by atoms with E-state index >= 15 is 0 Å². The van der Waals surface area contributed by atoms with E-state index in [1.807, 2.05) is 0 Å². The maximum Gasteiger partial charge on any atom is 0.00931 e. The van der Waals surface area contributed by atoms with Crippen LogP contribution in [0.4, 0.5) is 0 Å². The van der Waals surface area contributed by atoms with Gasteiger partial charge >= 0.3 is 0 Å². The van der Waals surface area contributed by atoms with Crippen LogP contribution in [0.15, 0.2) is 12.2 Å². The highest BCUT2D eigenvalue weighted by Crippen LogP contribution is 2.17. The van der Waals surface area contributed by atoms with E-state index in [9.17, 15) is 0 Å². The summed E-state index contributed by atoms with van der Waals surface area (Å²) >= 11 is 2.38. The van der Waals surface area contributed by atoms with Crippen LogP contribution in [0.25, 0.3) is 0 Å². The van der Waals surface area contributed by atoms with Crippen molar-refractivity contribution in [3.05, 3.63) is 12.2 Å². The maximum atomic E-state index is 2.38. The number of alkyl halides is 1. The molecule has 0 unspecified atom stereocenters. The first-order valence-corrected chi connectivity index (χ1v) is 3.20.